The number of hydrogen-bond donors (Lipinski definition) is 3. The van der Waals surface area contributed by atoms with Gasteiger partial charge in [0.25, 0.3) is 5.91 Å². The Morgan fingerprint density at radius 1 is 1.00 bits per heavy atom. The molecule has 2 atom stereocenters. The van der Waals surface area contributed by atoms with Crippen molar-refractivity contribution < 1.29 is 24.2 Å². The van der Waals surface area contributed by atoms with E-state index in [0.717, 1.165) is 21.9 Å². The first-order valence-corrected chi connectivity index (χ1v) is 15.1. The van der Waals surface area contributed by atoms with Crippen molar-refractivity contribution >= 4 is 46.1 Å². The van der Waals surface area contributed by atoms with Gasteiger partial charge < -0.3 is 25.4 Å². The summed E-state index contributed by atoms with van der Waals surface area (Å²) in [5, 5.41) is 17.7. The van der Waals surface area contributed by atoms with Crippen LogP contribution in [0.5, 0.6) is 0 Å². The number of carbonyl (C=O) groups excluding carboxylic acids is 3. The summed E-state index contributed by atoms with van der Waals surface area (Å²) in [7, 11) is 0. The van der Waals surface area contributed by atoms with E-state index >= 15 is 0 Å². The number of aryl methyl sites for hydroxylation is 2. The summed E-state index contributed by atoms with van der Waals surface area (Å²) < 4.78 is 5.42. The van der Waals surface area contributed by atoms with Gasteiger partial charge in [0.2, 0.25) is 5.91 Å². The number of aliphatic hydroxyl groups is 1. The molecule has 220 valence electrons. The molecular formula is C32H41N3O5S. The van der Waals surface area contributed by atoms with Gasteiger partial charge in [-0.25, -0.2) is 4.79 Å². The van der Waals surface area contributed by atoms with Crippen LogP contribution in [-0.2, 0) is 14.3 Å². The van der Waals surface area contributed by atoms with Crippen LogP contribution < -0.4 is 10.6 Å². The second kappa shape index (κ2) is 14.4. The molecule has 0 fully saturated rings. The SMILES string of the molecule is CSCCC(NC(=O)OC(C)(C)C)C(=O)N(CCO)C(C(=O)Nc1ccc2ccccc2c1)c1ccc(C)cc1C. The van der Waals surface area contributed by atoms with Crippen LogP contribution in [-0.4, -0.2) is 64.7 Å². The molecule has 0 aliphatic rings. The van der Waals surface area contributed by atoms with Crippen LogP contribution in [0.4, 0.5) is 10.5 Å². The molecule has 3 rings (SSSR count). The molecule has 9 heteroatoms. The lowest BCUT2D eigenvalue weighted by Crippen LogP contribution is -2.53. The van der Waals surface area contributed by atoms with E-state index in [9.17, 15) is 19.5 Å². The zero-order valence-corrected chi connectivity index (χ0v) is 25.5. The quantitative estimate of drug-likeness (QED) is 0.273. The molecule has 41 heavy (non-hydrogen) atoms. The van der Waals surface area contributed by atoms with Gasteiger partial charge in [0.15, 0.2) is 0 Å². The smallest absolute Gasteiger partial charge is 0.408 e. The lowest BCUT2D eigenvalue weighted by Gasteiger charge is -2.34. The number of fused-ring (bicyclic) bond motifs is 1. The van der Waals surface area contributed by atoms with E-state index in [1.54, 1.807) is 20.8 Å². The lowest BCUT2D eigenvalue weighted by atomic mass is 9.96. The maximum atomic E-state index is 14.1. The van der Waals surface area contributed by atoms with E-state index < -0.39 is 35.6 Å². The number of amides is 3. The molecule has 3 amide bonds. The molecule has 0 aliphatic carbocycles. The number of thioether (sulfide) groups is 1. The lowest BCUT2D eigenvalue weighted by molar-refractivity contribution is -0.141. The Hall–Kier alpha value is -3.56. The fourth-order valence-corrected chi connectivity index (χ4v) is 5.15. The van der Waals surface area contributed by atoms with Crippen molar-refractivity contribution in [3.05, 3.63) is 77.4 Å². The molecule has 0 aliphatic heterocycles. The van der Waals surface area contributed by atoms with E-state index in [4.69, 9.17) is 4.74 Å². The number of nitrogens with one attached hydrogen (secondary N) is 2. The highest BCUT2D eigenvalue weighted by Crippen LogP contribution is 2.29. The number of benzene rings is 3. The second-order valence-electron chi connectivity index (χ2n) is 11.0. The monoisotopic (exact) mass is 579 g/mol. The number of carbonyl (C=O) groups is 3. The summed E-state index contributed by atoms with van der Waals surface area (Å²) in [6.45, 7) is 8.63. The van der Waals surface area contributed by atoms with Crippen molar-refractivity contribution in [2.75, 3.05) is 30.5 Å². The predicted octanol–water partition coefficient (Wildman–Crippen LogP) is 5.60. The van der Waals surface area contributed by atoms with E-state index in [2.05, 4.69) is 10.6 Å². The summed E-state index contributed by atoms with van der Waals surface area (Å²) in [5.74, 6) is -0.302. The first-order valence-electron chi connectivity index (χ1n) is 13.7. The largest absolute Gasteiger partial charge is 0.444 e. The van der Waals surface area contributed by atoms with Gasteiger partial charge in [0.05, 0.1) is 6.61 Å². The number of alkyl carbamates (subject to hydrolysis) is 1. The Labute approximate surface area is 246 Å². The number of aliphatic hydroxyl groups excluding tert-OH is 1. The molecule has 0 heterocycles. The number of ether oxygens (including phenoxy) is 1. The molecule has 8 nitrogen and oxygen atoms in total. The van der Waals surface area contributed by atoms with Crippen LogP contribution >= 0.6 is 11.8 Å². The molecule has 0 spiro atoms. The zero-order valence-electron chi connectivity index (χ0n) is 24.7. The van der Waals surface area contributed by atoms with Gasteiger partial charge in [-0.15, -0.1) is 0 Å². The molecule has 0 bridgehead atoms. The zero-order chi connectivity index (χ0) is 30.2. The van der Waals surface area contributed by atoms with Crippen LogP contribution in [0, 0.1) is 13.8 Å². The Bertz CT molecular complexity index is 1370. The van der Waals surface area contributed by atoms with Crippen molar-refractivity contribution in [3.8, 4) is 0 Å². The van der Waals surface area contributed by atoms with Crippen LogP contribution in [0.15, 0.2) is 60.7 Å². The minimum absolute atomic E-state index is 0.103. The Morgan fingerprint density at radius 3 is 2.34 bits per heavy atom. The van der Waals surface area contributed by atoms with Crippen molar-refractivity contribution in [1.82, 2.24) is 10.2 Å². The van der Waals surface area contributed by atoms with Gasteiger partial charge in [-0.1, -0.05) is 54.1 Å². The van der Waals surface area contributed by atoms with Gasteiger partial charge in [0.1, 0.15) is 17.7 Å². The van der Waals surface area contributed by atoms with Crippen molar-refractivity contribution in [3.63, 3.8) is 0 Å². The van der Waals surface area contributed by atoms with Crippen LogP contribution in [0.2, 0.25) is 0 Å². The molecule has 2 unspecified atom stereocenters. The van der Waals surface area contributed by atoms with Crippen molar-refractivity contribution in [1.29, 1.82) is 0 Å². The van der Waals surface area contributed by atoms with E-state index in [0.29, 0.717) is 23.4 Å². The third-order valence-electron chi connectivity index (χ3n) is 6.52. The maximum absolute atomic E-state index is 14.1. The van der Waals surface area contributed by atoms with Crippen LogP contribution in [0.25, 0.3) is 10.8 Å². The number of rotatable bonds is 11. The van der Waals surface area contributed by atoms with Gasteiger partial charge in [-0.05, 0) is 87.1 Å². The third-order valence-corrected chi connectivity index (χ3v) is 7.16. The maximum Gasteiger partial charge on any atom is 0.408 e. The minimum Gasteiger partial charge on any atom is -0.444 e. The van der Waals surface area contributed by atoms with Gasteiger partial charge in [-0.2, -0.15) is 11.8 Å². The minimum atomic E-state index is -1.06. The van der Waals surface area contributed by atoms with Gasteiger partial charge in [-0.3, -0.25) is 9.59 Å². The Morgan fingerprint density at radius 2 is 1.71 bits per heavy atom. The van der Waals surface area contributed by atoms with Gasteiger partial charge in [0, 0.05) is 12.2 Å². The molecule has 0 radical (unpaired) electrons. The van der Waals surface area contributed by atoms with E-state index in [-0.39, 0.29) is 13.2 Å². The second-order valence-corrected chi connectivity index (χ2v) is 12.0. The van der Waals surface area contributed by atoms with Crippen LogP contribution in [0.3, 0.4) is 0 Å². The molecule has 3 N–H and O–H groups in total. The topological polar surface area (TPSA) is 108 Å². The fraction of sp³-hybridized carbons (Fsp3) is 0.406. The first-order chi connectivity index (χ1) is 19.4. The molecule has 0 aromatic heterocycles. The molecule has 3 aromatic carbocycles. The molecule has 0 saturated heterocycles. The average molecular weight is 580 g/mol. The Kier molecular flexibility index (Phi) is 11.2. The highest BCUT2D eigenvalue weighted by molar-refractivity contribution is 7.98. The summed E-state index contributed by atoms with van der Waals surface area (Å²) in [6.07, 6.45) is 1.52. The number of nitrogens with zero attached hydrogens (tertiary/aromatic N) is 1. The summed E-state index contributed by atoms with van der Waals surface area (Å²) in [4.78, 5) is 42.2. The Balaban J connectivity index is 2.02. The van der Waals surface area contributed by atoms with Crippen molar-refractivity contribution in [2.45, 2.75) is 58.7 Å². The highest BCUT2D eigenvalue weighted by atomic mass is 32.2. The van der Waals surface area contributed by atoms with Crippen molar-refractivity contribution in [2.24, 2.45) is 0 Å². The van der Waals surface area contributed by atoms with Gasteiger partial charge >= 0.3 is 6.09 Å². The highest BCUT2D eigenvalue weighted by Gasteiger charge is 2.36. The normalized spacial score (nSPS) is 12.9. The van der Waals surface area contributed by atoms with Crippen LogP contribution in [0.1, 0.15) is 49.9 Å². The standard InChI is InChI=1S/C32H41N3O5S/c1-21-11-14-26(22(2)19-21)28(29(37)33-25-13-12-23-9-7-8-10-24(23)20-25)35(16-17-36)30(38)27(15-18-41-6)34-31(39)40-32(3,4)5/h7-14,19-20,27-28,36H,15-18H2,1-6H3,(H,33,37)(H,34,39). The average Bonchev–Trinajstić information content (AvgIpc) is 2.90. The first kappa shape index (κ1) is 32.0. The number of hydrogen-bond acceptors (Lipinski definition) is 6. The third kappa shape index (κ3) is 8.96. The molecular weight excluding hydrogens is 538 g/mol. The molecule has 0 saturated carbocycles. The summed E-state index contributed by atoms with van der Waals surface area (Å²) in [5.41, 5.74) is 2.33. The predicted molar refractivity (Wildman–Crippen MR) is 166 cm³/mol. The van der Waals surface area contributed by atoms with E-state index in [1.807, 2.05) is 80.8 Å². The number of anilines is 1. The summed E-state index contributed by atoms with van der Waals surface area (Å²) >= 11 is 1.54. The van der Waals surface area contributed by atoms with E-state index in [1.165, 1.54) is 16.7 Å². The summed E-state index contributed by atoms with van der Waals surface area (Å²) in [6, 6.07) is 17.2. The fourth-order valence-electron chi connectivity index (χ4n) is 4.68. The molecule has 3 aromatic rings.